The Morgan fingerprint density at radius 2 is 2.10 bits per heavy atom. The van der Waals surface area contributed by atoms with Gasteiger partial charge in [-0.1, -0.05) is 13.3 Å². The van der Waals surface area contributed by atoms with Gasteiger partial charge in [-0.2, -0.15) is 0 Å². The maximum Gasteiger partial charge on any atom is 0.113 e. The molecule has 2 N–H and O–H groups in total. The second-order valence-corrected chi connectivity index (χ2v) is 8.10. The molecule has 0 bridgehead atoms. The first-order valence-corrected chi connectivity index (χ1v) is 9.12. The second kappa shape index (κ2) is 5.58. The van der Waals surface area contributed by atoms with E-state index in [1.807, 2.05) is 11.3 Å². The number of thiazole rings is 1. The van der Waals surface area contributed by atoms with Crippen LogP contribution in [0.5, 0.6) is 0 Å². The number of thiophene rings is 1. The highest BCUT2D eigenvalue weighted by Crippen LogP contribution is 2.41. The Morgan fingerprint density at radius 3 is 2.70 bits per heavy atom. The molecule has 0 unspecified atom stereocenters. The number of hydrogen-bond acceptors (Lipinski definition) is 4. The Labute approximate surface area is 129 Å². The summed E-state index contributed by atoms with van der Waals surface area (Å²) < 4.78 is 0. The lowest BCUT2D eigenvalue weighted by molar-refractivity contribution is 0.231. The van der Waals surface area contributed by atoms with Crippen molar-refractivity contribution < 1.29 is 0 Å². The van der Waals surface area contributed by atoms with Gasteiger partial charge in [0.15, 0.2) is 0 Å². The van der Waals surface area contributed by atoms with Crippen molar-refractivity contribution in [3.05, 3.63) is 27.4 Å². The van der Waals surface area contributed by atoms with Gasteiger partial charge in [-0.15, -0.1) is 22.7 Å². The monoisotopic (exact) mass is 306 g/mol. The molecular weight excluding hydrogens is 284 g/mol. The van der Waals surface area contributed by atoms with Crippen molar-refractivity contribution in [3.8, 4) is 10.6 Å². The van der Waals surface area contributed by atoms with E-state index >= 15 is 0 Å². The molecule has 108 valence electrons. The van der Waals surface area contributed by atoms with E-state index in [1.54, 1.807) is 11.3 Å². The van der Waals surface area contributed by atoms with Crippen molar-refractivity contribution in [2.45, 2.75) is 51.5 Å². The van der Waals surface area contributed by atoms with Crippen molar-refractivity contribution in [3.63, 3.8) is 0 Å². The summed E-state index contributed by atoms with van der Waals surface area (Å²) in [5, 5.41) is 3.30. The van der Waals surface area contributed by atoms with Gasteiger partial charge in [-0.3, -0.25) is 0 Å². The molecular formula is C16H22N2S2. The van der Waals surface area contributed by atoms with Gasteiger partial charge in [0.2, 0.25) is 0 Å². The van der Waals surface area contributed by atoms with Crippen LogP contribution in [0.2, 0.25) is 0 Å². The Morgan fingerprint density at radius 1 is 1.35 bits per heavy atom. The number of nitrogens with two attached hydrogens (primary N) is 1. The van der Waals surface area contributed by atoms with Gasteiger partial charge in [0.25, 0.3) is 0 Å². The van der Waals surface area contributed by atoms with Crippen LogP contribution in [0.3, 0.4) is 0 Å². The number of nitrogens with zero attached hydrogens (tertiary/aromatic N) is 1. The fraction of sp³-hybridized carbons (Fsp3) is 0.562. The van der Waals surface area contributed by atoms with Crippen LogP contribution in [0.15, 0.2) is 17.5 Å². The van der Waals surface area contributed by atoms with E-state index in [9.17, 15) is 0 Å². The van der Waals surface area contributed by atoms with Crippen LogP contribution >= 0.6 is 22.7 Å². The van der Waals surface area contributed by atoms with E-state index in [-0.39, 0.29) is 5.54 Å². The minimum Gasteiger partial charge on any atom is -0.319 e. The molecule has 0 radical (unpaired) electrons. The van der Waals surface area contributed by atoms with Crippen LogP contribution in [0.4, 0.5) is 0 Å². The van der Waals surface area contributed by atoms with Crippen LogP contribution in [0.1, 0.15) is 48.9 Å². The van der Waals surface area contributed by atoms with Crippen molar-refractivity contribution in [2.75, 3.05) is 0 Å². The lowest BCUT2D eigenvalue weighted by atomic mass is 9.76. The Kier molecular flexibility index (Phi) is 3.98. The molecule has 0 atom stereocenters. The average molecular weight is 307 g/mol. The predicted octanol–water partition coefficient (Wildman–Crippen LogP) is 4.93. The summed E-state index contributed by atoms with van der Waals surface area (Å²) in [6.07, 6.45) is 5.96. The fourth-order valence-corrected chi connectivity index (χ4v) is 4.90. The zero-order chi connectivity index (χ0) is 14.2. The molecule has 20 heavy (non-hydrogen) atoms. The number of aromatic nitrogens is 1. The minimum atomic E-state index is -0.180. The molecule has 2 nitrogen and oxygen atoms in total. The van der Waals surface area contributed by atoms with Gasteiger partial charge in [0.05, 0.1) is 16.1 Å². The number of hydrogen-bond donors (Lipinski definition) is 1. The Bertz CT molecular complexity index is 577. The maximum atomic E-state index is 6.65. The molecule has 1 fully saturated rings. The van der Waals surface area contributed by atoms with E-state index < -0.39 is 0 Å². The van der Waals surface area contributed by atoms with E-state index in [1.165, 1.54) is 29.0 Å². The van der Waals surface area contributed by atoms with Crippen LogP contribution < -0.4 is 5.73 Å². The topological polar surface area (TPSA) is 38.9 Å². The summed E-state index contributed by atoms with van der Waals surface area (Å²) in [5.74, 6) is 0.867. The quantitative estimate of drug-likeness (QED) is 0.873. The summed E-state index contributed by atoms with van der Waals surface area (Å²) in [4.78, 5) is 7.44. The lowest BCUT2D eigenvalue weighted by Crippen LogP contribution is -2.40. The molecule has 1 aliphatic rings. The molecule has 0 saturated heterocycles. The zero-order valence-electron chi connectivity index (χ0n) is 12.2. The predicted molar refractivity (Wildman–Crippen MR) is 88.3 cm³/mol. The second-order valence-electron chi connectivity index (χ2n) is 5.96. The average Bonchev–Trinajstić information content (AvgIpc) is 3.08. The Hall–Kier alpha value is -0.710. The first kappa shape index (κ1) is 14.2. The van der Waals surface area contributed by atoms with E-state index in [2.05, 4.69) is 31.4 Å². The Balaban J connectivity index is 1.80. The van der Waals surface area contributed by atoms with E-state index in [0.717, 1.165) is 29.5 Å². The van der Waals surface area contributed by atoms with Gasteiger partial charge < -0.3 is 5.73 Å². The highest BCUT2D eigenvalue weighted by Gasteiger charge is 2.35. The third-order valence-electron chi connectivity index (χ3n) is 4.50. The summed E-state index contributed by atoms with van der Waals surface area (Å²) in [5.41, 5.74) is 7.57. The SMILES string of the molecule is CCC1CCC(N)(c2nc(-c3ccc(C)s3)cs2)CC1. The zero-order valence-corrected chi connectivity index (χ0v) is 13.8. The molecule has 0 aromatic carbocycles. The molecule has 1 aliphatic carbocycles. The van der Waals surface area contributed by atoms with Gasteiger partial charge in [0.1, 0.15) is 5.01 Å². The van der Waals surface area contributed by atoms with E-state index in [4.69, 9.17) is 10.7 Å². The normalized spacial score (nSPS) is 26.9. The third kappa shape index (κ3) is 2.69. The van der Waals surface area contributed by atoms with Crippen LogP contribution in [0, 0.1) is 12.8 Å². The van der Waals surface area contributed by atoms with Crippen molar-refractivity contribution >= 4 is 22.7 Å². The molecule has 4 heteroatoms. The first-order valence-electron chi connectivity index (χ1n) is 7.42. The van der Waals surface area contributed by atoms with Gasteiger partial charge >= 0.3 is 0 Å². The fourth-order valence-electron chi connectivity index (χ4n) is 3.00. The molecule has 1 saturated carbocycles. The van der Waals surface area contributed by atoms with Crippen LogP contribution in [-0.4, -0.2) is 4.98 Å². The van der Waals surface area contributed by atoms with E-state index in [0.29, 0.717) is 0 Å². The van der Waals surface area contributed by atoms with Crippen molar-refractivity contribution in [1.29, 1.82) is 0 Å². The van der Waals surface area contributed by atoms with Gasteiger partial charge in [0, 0.05) is 10.3 Å². The summed E-state index contributed by atoms with van der Waals surface area (Å²) in [6.45, 7) is 4.42. The standard InChI is InChI=1S/C16H22N2S2/c1-3-12-6-8-16(17,9-7-12)15-18-13(10-19-15)14-5-4-11(2)20-14/h4-5,10,12H,3,6-9,17H2,1-2H3. The molecule has 0 aliphatic heterocycles. The van der Waals surface area contributed by atoms with Crippen molar-refractivity contribution in [1.82, 2.24) is 4.98 Å². The summed E-state index contributed by atoms with van der Waals surface area (Å²) in [7, 11) is 0. The van der Waals surface area contributed by atoms with Crippen LogP contribution in [0.25, 0.3) is 10.6 Å². The molecule has 0 amide bonds. The smallest absolute Gasteiger partial charge is 0.113 e. The number of rotatable bonds is 3. The largest absolute Gasteiger partial charge is 0.319 e. The molecule has 0 spiro atoms. The molecule has 2 aromatic heterocycles. The van der Waals surface area contributed by atoms with Crippen molar-refractivity contribution in [2.24, 2.45) is 11.7 Å². The molecule has 3 rings (SSSR count). The van der Waals surface area contributed by atoms with Gasteiger partial charge in [-0.25, -0.2) is 4.98 Å². The number of aryl methyl sites for hydroxylation is 1. The molecule has 2 heterocycles. The highest BCUT2D eigenvalue weighted by atomic mass is 32.1. The van der Waals surface area contributed by atoms with Crippen LogP contribution in [-0.2, 0) is 5.54 Å². The first-order chi connectivity index (χ1) is 9.60. The summed E-state index contributed by atoms with van der Waals surface area (Å²) in [6, 6.07) is 4.32. The minimum absolute atomic E-state index is 0.180. The molecule has 2 aromatic rings. The summed E-state index contributed by atoms with van der Waals surface area (Å²) >= 11 is 3.55. The van der Waals surface area contributed by atoms with Gasteiger partial charge in [-0.05, 0) is 50.7 Å². The maximum absolute atomic E-state index is 6.65. The lowest BCUT2D eigenvalue weighted by Gasteiger charge is -2.35. The highest BCUT2D eigenvalue weighted by molar-refractivity contribution is 7.16. The third-order valence-corrected chi connectivity index (χ3v) is 6.58.